The third-order valence-electron chi connectivity index (χ3n) is 1.44. The van der Waals surface area contributed by atoms with Gasteiger partial charge in [0.15, 0.2) is 5.82 Å². The predicted octanol–water partition coefficient (Wildman–Crippen LogP) is 0.244. The normalized spacial score (nSPS) is 10.0. The fourth-order valence-electron chi connectivity index (χ4n) is 0.900. The van der Waals surface area contributed by atoms with Gasteiger partial charge in [0, 0.05) is 12.4 Å². The molecule has 0 saturated heterocycles. The van der Waals surface area contributed by atoms with Crippen LogP contribution in [0.1, 0.15) is 0 Å². The summed E-state index contributed by atoms with van der Waals surface area (Å²) in [6.45, 7) is 0. The van der Waals surface area contributed by atoms with Gasteiger partial charge in [0.25, 0.3) is 0 Å². The second-order valence-electron chi connectivity index (χ2n) is 2.29. The van der Waals surface area contributed by atoms with Crippen LogP contribution >= 0.6 is 0 Å². The number of nitrogens with zero attached hydrogens (tertiary/aromatic N) is 4. The highest BCUT2D eigenvalue weighted by atomic mass is 15.4. The topological polar surface area (TPSA) is 69.6 Å². The van der Waals surface area contributed by atoms with E-state index in [1.807, 2.05) is 12.1 Å². The van der Waals surface area contributed by atoms with Crippen LogP contribution in [0.15, 0.2) is 30.7 Å². The number of hydrogen-bond acceptors (Lipinski definition) is 4. The van der Waals surface area contributed by atoms with Gasteiger partial charge in [-0.1, -0.05) is 5.21 Å². The quantitative estimate of drug-likeness (QED) is 0.650. The highest BCUT2D eigenvalue weighted by Crippen LogP contribution is 2.04. The first-order valence-electron chi connectivity index (χ1n) is 3.44. The Kier molecular flexibility index (Phi) is 1.48. The van der Waals surface area contributed by atoms with E-state index in [1.165, 1.54) is 0 Å². The number of anilines is 1. The summed E-state index contributed by atoms with van der Waals surface area (Å²) in [5.41, 5.74) is 6.30. The molecule has 0 aliphatic rings. The molecular weight excluding hydrogens is 154 g/mol. The van der Waals surface area contributed by atoms with Crippen molar-refractivity contribution >= 4 is 5.82 Å². The number of rotatable bonds is 1. The van der Waals surface area contributed by atoms with Crippen LogP contribution in [0.3, 0.4) is 0 Å². The average molecular weight is 161 g/mol. The maximum absolute atomic E-state index is 5.41. The lowest BCUT2D eigenvalue weighted by Crippen LogP contribution is -1.94. The van der Waals surface area contributed by atoms with Crippen molar-refractivity contribution in [1.82, 2.24) is 20.0 Å². The van der Waals surface area contributed by atoms with E-state index < -0.39 is 0 Å². The van der Waals surface area contributed by atoms with Crippen molar-refractivity contribution in [2.75, 3.05) is 5.73 Å². The van der Waals surface area contributed by atoms with Gasteiger partial charge in [-0.15, -0.1) is 5.10 Å². The minimum atomic E-state index is 0.409. The molecule has 0 aliphatic heterocycles. The Labute approximate surface area is 68.8 Å². The van der Waals surface area contributed by atoms with Crippen LogP contribution in [0.25, 0.3) is 5.69 Å². The van der Waals surface area contributed by atoms with Crippen LogP contribution in [0.5, 0.6) is 0 Å². The molecule has 0 spiro atoms. The number of nitrogen functional groups attached to an aromatic ring is 1. The molecule has 5 heteroatoms. The lowest BCUT2D eigenvalue weighted by atomic mass is 10.4. The van der Waals surface area contributed by atoms with E-state index in [9.17, 15) is 0 Å². The number of aromatic nitrogens is 4. The number of hydrogen-bond donors (Lipinski definition) is 1. The maximum atomic E-state index is 5.41. The van der Waals surface area contributed by atoms with E-state index in [0.717, 1.165) is 5.69 Å². The summed E-state index contributed by atoms with van der Waals surface area (Å²) in [7, 11) is 0. The zero-order valence-corrected chi connectivity index (χ0v) is 6.25. The molecule has 5 nitrogen and oxygen atoms in total. The summed E-state index contributed by atoms with van der Waals surface area (Å²) in [6, 6.07) is 3.66. The Morgan fingerprint density at radius 1 is 1.25 bits per heavy atom. The van der Waals surface area contributed by atoms with Gasteiger partial charge in [-0.3, -0.25) is 4.98 Å². The summed E-state index contributed by atoms with van der Waals surface area (Å²) >= 11 is 0. The summed E-state index contributed by atoms with van der Waals surface area (Å²) in [4.78, 5) is 3.88. The van der Waals surface area contributed by atoms with E-state index in [-0.39, 0.29) is 0 Å². The van der Waals surface area contributed by atoms with E-state index in [1.54, 1.807) is 23.3 Å². The molecule has 0 amide bonds. The second-order valence-corrected chi connectivity index (χ2v) is 2.29. The Bertz CT molecular complexity index is 366. The largest absolute Gasteiger partial charge is 0.381 e. The molecule has 0 aromatic carbocycles. The molecule has 0 fully saturated rings. The van der Waals surface area contributed by atoms with Crippen molar-refractivity contribution in [2.24, 2.45) is 0 Å². The monoisotopic (exact) mass is 161 g/mol. The number of pyridine rings is 1. The second kappa shape index (κ2) is 2.61. The van der Waals surface area contributed by atoms with Gasteiger partial charge >= 0.3 is 0 Å². The van der Waals surface area contributed by atoms with Crippen LogP contribution in [0, 0.1) is 0 Å². The first kappa shape index (κ1) is 6.78. The summed E-state index contributed by atoms with van der Waals surface area (Å²) in [5, 5.41) is 7.46. The Morgan fingerprint density at radius 3 is 2.58 bits per heavy atom. The molecule has 2 heterocycles. The summed E-state index contributed by atoms with van der Waals surface area (Å²) in [6.07, 6.45) is 5.02. The van der Waals surface area contributed by atoms with E-state index >= 15 is 0 Å². The molecule has 0 atom stereocenters. The third kappa shape index (κ3) is 1.12. The average Bonchev–Trinajstić information content (AvgIpc) is 2.54. The van der Waals surface area contributed by atoms with Gasteiger partial charge in [0.1, 0.15) is 0 Å². The smallest absolute Gasteiger partial charge is 0.166 e. The third-order valence-corrected chi connectivity index (χ3v) is 1.44. The van der Waals surface area contributed by atoms with Crippen molar-refractivity contribution in [2.45, 2.75) is 0 Å². The molecule has 0 radical (unpaired) electrons. The SMILES string of the molecule is Nc1cn(-c2ccncc2)nn1. The Morgan fingerprint density at radius 2 is 2.00 bits per heavy atom. The van der Waals surface area contributed by atoms with Crippen molar-refractivity contribution in [3.8, 4) is 5.69 Å². The van der Waals surface area contributed by atoms with E-state index in [4.69, 9.17) is 5.73 Å². The lowest BCUT2D eigenvalue weighted by molar-refractivity contribution is 0.802. The van der Waals surface area contributed by atoms with E-state index in [2.05, 4.69) is 15.3 Å². The first-order valence-corrected chi connectivity index (χ1v) is 3.44. The van der Waals surface area contributed by atoms with Gasteiger partial charge in [0.2, 0.25) is 0 Å². The zero-order chi connectivity index (χ0) is 8.39. The van der Waals surface area contributed by atoms with Crippen LogP contribution in [0.2, 0.25) is 0 Å². The maximum Gasteiger partial charge on any atom is 0.166 e. The minimum Gasteiger partial charge on any atom is -0.381 e. The molecule has 2 rings (SSSR count). The molecular formula is C7H7N5. The van der Waals surface area contributed by atoms with Crippen LogP contribution in [-0.2, 0) is 0 Å². The molecule has 0 bridgehead atoms. The molecule has 12 heavy (non-hydrogen) atoms. The number of nitrogens with two attached hydrogens (primary N) is 1. The van der Waals surface area contributed by atoms with Crippen LogP contribution < -0.4 is 5.73 Å². The highest BCUT2D eigenvalue weighted by molar-refractivity contribution is 5.31. The van der Waals surface area contributed by atoms with Gasteiger partial charge in [-0.2, -0.15) is 0 Å². The van der Waals surface area contributed by atoms with Crippen molar-refractivity contribution in [1.29, 1.82) is 0 Å². The lowest BCUT2D eigenvalue weighted by Gasteiger charge is -1.95. The molecule has 0 unspecified atom stereocenters. The zero-order valence-electron chi connectivity index (χ0n) is 6.25. The van der Waals surface area contributed by atoms with Gasteiger partial charge in [0.05, 0.1) is 11.9 Å². The van der Waals surface area contributed by atoms with Crippen molar-refractivity contribution in [3.63, 3.8) is 0 Å². The van der Waals surface area contributed by atoms with Crippen molar-refractivity contribution in [3.05, 3.63) is 30.7 Å². The molecule has 2 aromatic heterocycles. The van der Waals surface area contributed by atoms with Crippen LogP contribution in [-0.4, -0.2) is 20.0 Å². The van der Waals surface area contributed by atoms with E-state index in [0.29, 0.717) is 5.82 Å². The molecule has 2 N–H and O–H groups in total. The highest BCUT2D eigenvalue weighted by Gasteiger charge is 1.96. The Hall–Kier alpha value is -1.91. The molecule has 0 aliphatic carbocycles. The summed E-state index contributed by atoms with van der Waals surface area (Å²) < 4.78 is 1.59. The fourth-order valence-corrected chi connectivity index (χ4v) is 0.900. The minimum absolute atomic E-state index is 0.409. The Balaban J connectivity index is 2.45. The first-order chi connectivity index (χ1) is 5.86. The standard InChI is InChI=1S/C7H7N5/c8-7-5-12(11-10-7)6-1-3-9-4-2-6/h1-5H,8H2. The van der Waals surface area contributed by atoms with Gasteiger partial charge in [-0.25, -0.2) is 4.68 Å². The predicted molar refractivity (Wildman–Crippen MR) is 43.6 cm³/mol. The summed E-state index contributed by atoms with van der Waals surface area (Å²) in [5.74, 6) is 0.409. The van der Waals surface area contributed by atoms with Crippen LogP contribution in [0.4, 0.5) is 5.82 Å². The molecule has 0 saturated carbocycles. The fraction of sp³-hybridized carbons (Fsp3) is 0. The molecule has 60 valence electrons. The van der Waals surface area contributed by atoms with Gasteiger partial charge < -0.3 is 5.73 Å². The molecule has 2 aromatic rings. The van der Waals surface area contributed by atoms with Gasteiger partial charge in [-0.05, 0) is 12.1 Å². The van der Waals surface area contributed by atoms with Crippen molar-refractivity contribution < 1.29 is 0 Å².